The molecule has 1 aromatic carbocycles. The minimum atomic E-state index is -0.697. The van der Waals surface area contributed by atoms with Gasteiger partial charge in [0.15, 0.2) is 0 Å². The minimum Gasteiger partial charge on any atom is -0.493 e. The summed E-state index contributed by atoms with van der Waals surface area (Å²) in [6.07, 6.45) is -0.261. The van der Waals surface area contributed by atoms with E-state index in [9.17, 15) is 0 Å². The van der Waals surface area contributed by atoms with Crippen molar-refractivity contribution in [2.45, 2.75) is 26.4 Å². The molecule has 0 bridgehead atoms. The second kappa shape index (κ2) is 6.23. The fourth-order valence-electron chi connectivity index (χ4n) is 1.39. The van der Waals surface area contributed by atoms with E-state index < -0.39 is 6.10 Å². The zero-order chi connectivity index (χ0) is 12.1. The van der Waals surface area contributed by atoms with Crippen molar-refractivity contribution < 1.29 is 14.9 Å². The van der Waals surface area contributed by atoms with E-state index in [2.05, 4.69) is 15.9 Å². The maximum absolute atomic E-state index is 9.15. The fourth-order valence-corrected chi connectivity index (χ4v) is 1.62. The normalized spacial score (nSPS) is 12.6. The summed E-state index contributed by atoms with van der Waals surface area (Å²) in [5, 5.41) is 17.8. The van der Waals surface area contributed by atoms with Crippen LogP contribution in [0.15, 0.2) is 16.6 Å². The summed E-state index contributed by atoms with van der Waals surface area (Å²) in [6.45, 7) is 4.20. The summed E-state index contributed by atoms with van der Waals surface area (Å²) >= 11 is 3.49. The number of rotatable bonds is 5. The van der Waals surface area contributed by atoms with Gasteiger partial charge >= 0.3 is 0 Å². The lowest BCUT2D eigenvalue weighted by Crippen LogP contribution is -2.15. The molecule has 1 atom stereocenters. The third-order valence-corrected chi connectivity index (χ3v) is 3.59. The molecule has 0 aliphatic heterocycles. The van der Waals surface area contributed by atoms with Gasteiger partial charge in [-0.1, -0.05) is 15.9 Å². The predicted molar refractivity (Wildman–Crippen MR) is 66.8 cm³/mol. The van der Waals surface area contributed by atoms with E-state index in [0.717, 1.165) is 21.3 Å². The SMILES string of the molecule is Cc1cc(OCC[C@H](O)CO)cc(C)c1Br. The quantitative estimate of drug-likeness (QED) is 0.873. The Morgan fingerprint density at radius 1 is 1.31 bits per heavy atom. The molecular weight excluding hydrogens is 272 g/mol. The first kappa shape index (κ1) is 13.5. The summed E-state index contributed by atoms with van der Waals surface area (Å²) < 4.78 is 6.60. The summed E-state index contributed by atoms with van der Waals surface area (Å²) in [6, 6.07) is 3.89. The maximum Gasteiger partial charge on any atom is 0.119 e. The third-order valence-electron chi connectivity index (χ3n) is 2.34. The molecule has 1 rings (SSSR count). The molecule has 0 radical (unpaired) electrons. The van der Waals surface area contributed by atoms with E-state index >= 15 is 0 Å². The average Bonchev–Trinajstić information content (AvgIpc) is 2.25. The number of benzene rings is 1. The highest BCUT2D eigenvalue weighted by molar-refractivity contribution is 9.10. The summed E-state index contributed by atoms with van der Waals surface area (Å²) in [4.78, 5) is 0. The molecule has 4 heteroatoms. The van der Waals surface area contributed by atoms with Crippen molar-refractivity contribution >= 4 is 15.9 Å². The summed E-state index contributed by atoms with van der Waals surface area (Å²) in [5.41, 5.74) is 2.25. The molecule has 0 unspecified atom stereocenters. The van der Waals surface area contributed by atoms with E-state index in [1.54, 1.807) is 0 Å². The van der Waals surface area contributed by atoms with Crippen molar-refractivity contribution in [3.05, 3.63) is 27.7 Å². The number of aliphatic hydroxyl groups excluding tert-OH is 2. The lowest BCUT2D eigenvalue weighted by Gasteiger charge is -2.11. The summed E-state index contributed by atoms with van der Waals surface area (Å²) in [7, 11) is 0. The van der Waals surface area contributed by atoms with Gasteiger partial charge in [-0.3, -0.25) is 0 Å². The topological polar surface area (TPSA) is 49.7 Å². The van der Waals surface area contributed by atoms with Crippen molar-refractivity contribution in [1.29, 1.82) is 0 Å². The highest BCUT2D eigenvalue weighted by atomic mass is 79.9. The Bertz CT molecular complexity index is 329. The largest absolute Gasteiger partial charge is 0.493 e. The van der Waals surface area contributed by atoms with Crippen molar-refractivity contribution in [2.75, 3.05) is 13.2 Å². The van der Waals surface area contributed by atoms with Crippen LogP contribution in [-0.2, 0) is 0 Å². The van der Waals surface area contributed by atoms with Crippen LogP contribution >= 0.6 is 15.9 Å². The van der Waals surface area contributed by atoms with E-state index in [0.29, 0.717) is 13.0 Å². The molecule has 0 aliphatic rings. The number of aliphatic hydroxyl groups is 2. The molecule has 0 fully saturated rings. The molecule has 90 valence electrons. The van der Waals surface area contributed by atoms with Crippen LogP contribution in [0.3, 0.4) is 0 Å². The molecule has 0 spiro atoms. The molecular formula is C12H17BrO3. The Balaban J connectivity index is 2.55. The zero-order valence-electron chi connectivity index (χ0n) is 9.53. The predicted octanol–water partition coefficient (Wildman–Crippen LogP) is 2.19. The van der Waals surface area contributed by atoms with Crippen LogP contribution in [0.2, 0.25) is 0 Å². The Hall–Kier alpha value is -0.580. The molecule has 0 amide bonds. The van der Waals surface area contributed by atoms with Crippen LogP contribution in [-0.4, -0.2) is 29.5 Å². The zero-order valence-corrected chi connectivity index (χ0v) is 11.1. The minimum absolute atomic E-state index is 0.220. The van der Waals surface area contributed by atoms with Gasteiger partial charge in [0, 0.05) is 10.9 Å². The second-order valence-corrected chi connectivity index (χ2v) is 4.64. The number of ether oxygens (including phenoxy) is 1. The molecule has 3 nitrogen and oxygen atoms in total. The van der Waals surface area contributed by atoms with Gasteiger partial charge in [0.05, 0.1) is 19.3 Å². The highest BCUT2D eigenvalue weighted by Gasteiger charge is 2.05. The van der Waals surface area contributed by atoms with Gasteiger partial charge < -0.3 is 14.9 Å². The van der Waals surface area contributed by atoms with Crippen LogP contribution in [0.1, 0.15) is 17.5 Å². The Morgan fingerprint density at radius 3 is 2.38 bits per heavy atom. The lowest BCUT2D eigenvalue weighted by atomic mass is 10.1. The monoisotopic (exact) mass is 288 g/mol. The van der Waals surface area contributed by atoms with E-state index in [-0.39, 0.29) is 6.61 Å². The van der Waals surface area contributed by atoms with Gasteiger partial charge in [-0.25, -0.2) is 0 Å². The van der Waals surface area contributed by atoms with Crippen LogP contribution in [0.25, 0.3) is 0 Å². The van der Waals surface area contributed by atoms with E-state index in [1.165, 1.54) is 0 Å². The van der Waals surface area contributed by atoms with Crippen molar-refractivity contribution in [3.8, 4) is 5.75 Å². The van der Waals surface area contributed by atoms with Gasteiger partial charge in [0.2, 0.25) is 0 Å². The van der Waals surface area contributed by atoms with Gasteiger partial charge in [-0.2, -0.15) is 0 Å². The average molecular weight is 289 g/mol. The fraction of sp³-hybridized carbons (Fsp3) is 0.500. The first-order chi connectivity index (χ1) is 7.54. The molecule has 0 aromatic heterocycles. The molecule has 0 saturated carbocycles. The van der Waals surface area contributed by atoms with Gasteiger partial charge in [0.1, 0.15) is 5.75 Å². The van der Waals surface area contributed by atoms with Crippen molar-refractivity contribution in [1.82, 2.24) is 0 Å². The maximum atomic E-state index is 9.15. The van der Waals surface area contributed by atoms with Crippen molar-refractivity contribution in [3.63, 3.8) is 0 Å². The number of aryl methyl sites for hydroxylation is 2. The number of hydrogen-bond donors (Lipinski definition) is 2. The Labute approximate surface area is 104 Å². The molecule has 16 heavy (non-hydrogen) atoms. The first-order valence-corrected chi connectivity index (χ1v) is 6.02. The van der Waals surface area contributed by atoms with Gasteiger partial charge in [0.25, 0.3) is 0 Å². The molecule has 0 saturated heterocycles. The Kier molecular flexibility index (Phi) is 5.25. The van der Waals surface area contributed by atoms with Gasteiger partial charge in [-0.05, 0) is 37.1 Å². The Morgan fingerprint density at radius 2 is 1.88 bits per heavy atom. The van der Waals surface area contributed by atoms with Crippen LogP contribution < -0.4 is 4.74 Å². The first-order valence-electron chi connectivity index (χ1n) is 5.23. The van der Waals surface area contributed by atoms with Gasteiger partial charge in [-0.15, -0.1) is 0 Å². The molecule has 2 N–H and O–H groups in total. The van der Waals surface area contributed by atoms with Crippen LogP contribution in [0, 0.1) is 13.8 Å². The lowest BCUT2D eigenvalue weighted by molar-refractivity contribution is 0.0754. The third kappa shape index (κ3) is 3.77. The van der Waals surface area contributed by atoms with Crippen LogP contribution in [0.4, 0.5) is 0 Å². The smallest absolute Gasteiger partial charge is 0.119 e. The second-order valence-electron chi connectivity index (χ2n) is 3.84. The number of halogens is 1. The standard InChI is InChI=1S/C12H17BrO3/c1-8-5-11(6-9(2)12(8)13)16-4-3-10(15)7-14/h5-6,10,14-15H,3-4,7H2,1-2H3/t10-/m0/s1. The van der Waals surface area contributed by atoms with Crippen molar-refractivity contribution in [2.24, 2.45) is 0 Å². The number of hydrogen-bond acceptors (Lipinski definition) is 3. The van der Waals surface area contributed by atoms with E-state index in [4.69, 9.17) is 14.9 Å². The molecule has 1 aromatic rings. The molecule has 0 aliphatic carbocycles. The van der Waals surface area contributed by atoms with E-state index in [1.807, 2.05) is 26.0 Å². The summed E-state index contributed by atoms with van der Waals surface area (Å²) in [5.74, 6) is 0.795. The van der Waals surface area contributed by atoms with Crippen LogP contribution in [0.5, 0.6) is 5.75 Å². The highest BCUT2D eigenvalue weighted by Crippen LogP contribution is 2.26. The molecule has 0 heterocycles.